The molecular weight excluding hydrogens is 320 g/mol. The molecule has 0 aromatic carbocycles. The fourth-order valence-electron chi connectivity index (χ4n) is 1.85. The highest BCUT2D eigenvalue weighted by atomic mass is 79.9. The second-order valence-electron chi connectivity index (χ2n) is 5.15. The maximum absolute atomic E-state index is 11.9. The van der Waals surface area contributed by atoms with Gasteiger partial charge in [-0.3, -0.25) is 9.48 Å². The molecule has 1 amide bonds. The number of aromatic nitrogens is 2. The van der Waals surface area contributed by atoms with E-state index in [9.17, 15) is 4.79 Å². The molecule has 20 heavy (non-hydrogen) atoms. The molecule has 1 aromatic heterocycles. The maximum Gasteiger partial charge on any atom is 0.238 e. The minimum absolute atomic E-state index is 0.0247. The number of halogens is 1. The summed E-state index contributed by atoms with van der Waals surface area (Å²) in [5, 5.41) is 7.15. The SMILES string of the molecule is CCN(CC)CCn1cc(NC(=O)C(Br)C(C)C)cn1. The number of rotatable bonds is 8. The Kier molecular flexibility index (Phi) is 7.23. The van der Waals surface area contributed by atoms with Crippen LogP contribution in [0.1, 0.15) is 27.7 Å². The summed E-state index contributed by atoms with van der Waals surface area (Å²) in [5.74, 6) is 0.232. The van der Waals surface area contributed by atoms with Crippen LogP contribution in [0.4, 0.5) is 5.69 Å². The van der Waals surface area contributed by atoms with Crippen LogP contribution in [0.5, 0.6) is 0 Å². The van der Waals surface area contributed by atoms with E-state index in [4.69, 9.17) is 0 Å². The van der Waals surface area contributed by atoms with Crippen molar-refractivity contribution in [3.63, 3.8) is 0 Å². The van der Waals surface area contributed by atoms with Gasteiger partial charge in [-0.05, 0) is 19.0 Å². The van der Waals surface area contributed by atoms with Crippen LogP contribution in [0, 0.1) is 5.92 Å². The summed E-state index contributed by atoms with van der Waals surface area (Å²) in [4.78, 5) is 14.1. The van der Waals surface area contributed by atoms with Gasteiger partial charge in [0.25, 0.3) is 0 Å². The summed E-state index contributed by atoms with van der Waals surface area (Å²) in [6.45, 7) is 12.2. The van der Waals surface area contributed by atoms with Crippen molar-refractivity contribution in [1.82, 2.24) is 14.7 Å². The Morgan fingerprint density at radius 2 is 2.10 bits per heavy atom. The third kappa shape index (κ3) is 5.25. The summed E-state index contributed by atoms with van der Waals surface area (Å²) in [6.07, 6.45) is 3.57. The second-order valence-corrected chi connectivity index (χ2v) is 6.14. The molecule has 1 unspecified atom stereocenters. The van der Waals surface area contributed by atoms with Crippen molar-refractivity contribution in [1.29, 1.82) is 0 Å². The number of alkyl halides is 1. The zero-order chi connectivity index (χ0) is 15.1. The van der Waals surface area contributed by atoms with Gasteiger partial charge in [-0.1, -0.05) is 43.6 Å². The van der Waals surface area contributed by atoms with Gasteiger partial charge in [0.1, 0.15) is 0 Å². The van der Waals surface area contributed by atoms with Crippen LogP contribution >= 0.6 is 15.9 Å². The topological polar surface area (TPSA) is 50.2 Å². The van der Waals surface area contributed by atoms with Gasteiger partial charge in [0.15, 0.2) is 0 Å². The number of nitrogens with zero attached hydrogens (tertiary/aromatic N) is 3. The zero-order valence-corrected chi connectivity index (χ0v) is 14.4. The Balaban J connectivity index is 2.49. The van der Waals surface area contributed by atoms with E-state index in [0.29, 0.717) is 0 Å². The zero-order valence-electron chi connectivity index (χ0n) is 12.8. The van der Waals surface area contributed by atoms with E-state index in [1.165, 1.54) is 0 Å². The van der Waals surface area contributed by atoms with Crippen molar-refractivity contribution in [2.24, 2.45) is 5.92 Å². The molecule has 5 nitrogen and oxygen atoms in total. The van der Waals surface area contributed by atoms with Crippen LogP contribution in [-0.4, -0.2) is 45.0 Å². The minimum Gasteiger partial charge on any atom is -0.322 e. The van der Waals surface area contributed by atoms with Crippen LogP contribution < -0.4 is 5.32 Å². The van der Waals surface area contributed by atoms with Gasteiger partial charge in [0.2, 0.25) is 5.91 Å². The number of hydrogen-bond donors (Lipinski definition) is 1. The molecule has 1 N–H and O–H groups in total. The van der Waals surface area contributed by atoms with Gasteiger partial charge >= 0.3 is 0 Å². The number of amides is 1. The lowest BCUT2D eigenvalue weighted by atomic mass is 10.1. The third-order valence-electron chi connectivity index (χ3n) is 3.28. The van der Waals surface area contributed by atoms with E-state index < -0.39 is 0 Å². The van der Waals surface area contributed by atoms with Gasteiger partial charge in [-0.2, -0.15) is 5.10 Å². The average molecular weight is 345 g/mol. The van der Waals surface area contributed by atoms with Crippen LogP contribution in [0.2, 0.25) is 0 Å². The maximum atomic E-state index is 11.9. The molecule has 0 fully saturated rings. The quantitative estimate of drug-likeness (QED) is 0.737. The number of likely N-dealkylation sites (N-methyl/N-ethyl adjacent to an activating group) is 1. The van der Waals surface area contributed by atoms with Crippen LogP contribution in [0.3, 0.4) is 0 Å². The molecule has 0 radical (unpaired) electrons. The van der Waals surface area contributed by atoms with Gasteiger partial charge in [0.05, 0.1) is 23.3 Å². The normalized spacial score (nSPS) is 12.9. The molecule has 0 aliphatic carbocycles. The fourth-order valence-corrected chi connectivity index (χ4v) is 1.96. The Labute approximate surface area is 129 Å². The molecule has 1 rings (SSSR count). The summed E-state index contributed by atoms with van der Waals surface area (Å²) < 4.78 is 1.87. The number of carbonyl (C=O) groups excluding carboxylic acids is 1. The standard InChI is InChI=1S/C14H25BrN4O/c1-5-18(6-2)7-8-19-10-12(9-16-19)17-14(20)13(15)11(3)4/h9-11,13H,5-8H2,1-4H3,(H,17,20). The van der Waals surface area contributed by atoms with Crippen LogP contribution in [0.15, 0.2) is 12.4 Å². The van der Waals surface area contributed by atoms with Crippen LogP contribution in [-0.2, 0) is 11.3 Å². The molecule has 0 spiro atoms. The van der Waals surface area contributed by atoms with E-state index in [-0.39, 0.29) is 16.7 Å². The monoisotopic (exact) mass is 344 g/mol. The Morgan fingerprint density at radius 1 is 1.45 bits per heavy atom. The van der Waals surface area contributed by atoms with Gasteiger partial charge in [0, 0.05) is 12.7 Å². The van der Waals surface area contributed by atoms with Gasteiger partial charge in [-0.15, -0.1) is 0 Å². The molecule has 0 saturated heterocycles. The molecule has 0 saturated carbocycles. The third-order valence-corrected chi connectivity index (χ3v) is 4.75. The number of carbonyl (C=O) groups is 1. The number of hydrogen-bond acceptors (Lipinski definition) is 3. The summed E-state index contributed by atoms with van der Waals surface area (Å²) in [7, 11) is 0. The van der Waals surface area contributed by atoms with Crippen molar-refractivity contribution >= 4 is 27.5 Å². The Morgan fingerprint density at radius 3 is 2.65 bits per heavy atom. The van der Waals surface area contributed by atoms with Crippen molar-refractivity contribution in [3.05, 3.63) is 12.4 Å². The minimum atomic E-state index is -0.179. The summed E-state index contributed by atoms with van der Waals surface area (Å²) >= 11 is 3.39. The first-order chi connectivity index (χ1) is 9.47. The highest BCUT2D eigenvalue weighted by molar-refractivity contribution is 9.10. The Bertz CT molecular complexity index is 415. The first kappa shape index (κ1) is 17.2. The lowest BCUT2D eigenvalue weighted by Crippen LogP contribution is -2.27. The van der Waals surface area contributed by atoms with Gasteiger partial charge in [-0.25, -0.2) is 0 Å². The molecule has 0 aliphatic heterocycles. The summed E-state index contributed by atoms with van der Waals surface area (Å²) in [5.41, 5.74) is 0.750. The number of nitrogens with one attached hydrogen (secondary N) is 1. The van der Waals surface area contributed by atoms with Crippen molar-refractivity contribution in [3.8, 4) is 0 Å². The van der Waals surface area contributed by atoms with E-state index in [1.54, 1.807) is 6.20 Å². The lowest BCUT2D eigenvalue weighted by Gasteiger charge is -2.17. The van der Waals surface area contributed by atoms with E-state index in [1.807, 2.05) is 24.7 Å². The predicted octanol–water partition coefficient (Wildman–Crippen LogP) is 2.58. The lowest BCUT2D eigenvalue weighted by molar-refractivity contribution is -0.116. The van der Waals surface area contributed by atoms with E-state index in [2.05, 4.69) is 45.1 Å². The highest BCUT2D eigenvalue weighted by Gasteiger charge is 2.18. The average Bonchev–Trinajstić information content (AvgIpc) is 2.86. The van der Waals surface area contributed by atoms with Crippen LogP contribution in [0.25, 0.3) is 0 Å². The second kappa shape index (κ2) is 8.42. The molecular formula is C14H25BrN4O. The first-order valence-electron chi connectivity index (χ1n) is 7.17. The fraction of sp³-hybridized carbons (Fsp3) is 0.714. The molecule has 1 aromatic rings. The Hall–Kier alpha value is -0.880. The molecule has 6 heteroatoms. The van der Waals surface area contributed by atoms with E-state index in [0.717, 1.165) is 31.9 Å². The smallest absolute Gasteiger partial charge is 0.238 e. The predicted molar refractivity (Wildman–Crippen MR) is 86.2 cm³/mol. The van der Waals surface area contributed by atoms with Crippen molar-refractivity contribution in [2.75, 3.05) is 25.0 Å². The van der Waals surface area contributed by atoms with Crippen molar-refractivity contribution in [2.45, 2.75) is 39.1 Å². The first-order valence-corrected chi connectivity index (χ1v) is 8.09. The molecule has 114 valence electrons. The largest absolute Gasteiger partial charge is 0.322 e. The van der Waals surface area contributed by atoms with Gasteiger partial charge < -0.3 is 10.2 Å². The van der Waals surface area contributed by atoms with E-state index >= 15 is 0 Å². The number of anilines is 1. The highest BCUT2D eigenvalue weighted by Crippen LogP contribution is 2.15. The molecule has 1 atom stereocenters. The summed E-state index contributed by atoms with van der Waals surface area (Å²) in [6, 6.07) is 0. The molecule has 0 aliphatic rings. The van der Waals surface area contributed by atoms with Crippen molar-refractivity contribution < 1.29 is 4.79 Å². The molecule has 0 bridgehead atoms. The molecule has 1 heterocycles.